The highest BCUT2D eigenvalue weighted by Gasteiger charge is 2.68. The highest BCUT2D eigenvalue weighted by molar-refractivity contribution is 6.31. The Bertz CT molecular complexity index is 1560. The molecule has 49 heavy (non-hydrogen) atoms. The second kappa shape index (κ2) is 15.6. The Morgan fingerprint density at radius 1 is 1.10 bits per heavy atom. The van der Waals surface area contributed by atoms with E-state index in [1.165, 1.54) is 24.3 Å². The molecule has 0 aromatic heterocycles. The van der Waals surface area contributed by atoms with Gasteiger partial charge in [-0.25, -0.2) is 13.6 Å². The molecule has 1 spiro atoms. The number of benzene rings is 2. The Kier molecular flexibility index (Phi) is 12.9. The van der Waals surface area contributed by atoms with Gasteiger partial charge in [-0.3, -0.25) is 14.5 Å². The quantitative estimate of drug-likeness (QED) is 0.181. The molecule has 0 radical (unpaired) electrons. The zero-order valence-electron chi connectivity index (χ0n) is 27.7. The van der Waals surface area contributed by atoms with E-state index in [0.717, 1.165) is 6.42 Å². The summed E-state index contributed by atoms with van der Waals surface area (Å²) < 4.78 is 62.9. The maximum atomic E-state index is 16.0. The number of likely N-dealkylation sites (N-methyl/N-ethyl adjacent to an activating group) is 1. The zero-order valence-corrected chi connectivity index (χ0v) is 29.2. The molecule has 0 saturated carbocycles. The highest BCUT2D eigenvalue weighted by atomic mass is 35.5. The zero-order chi connectivity index (χ0) is 37.2. The van der Waals surface area contributed by atoms with Crippen LogP contribution in [0.15, 0.2) is 30.3 Å². The van der Waals surface area contributed by atoms with Gasteiger partial charge in [0.25, 0.3) is 0 Å². The van der Waals surface area contributed by atoms with Gasteiger partial charge in [0.2, 0.25) is 5.91 Å². The number of aliphatic hydroxyl groups is 2. The number of alkyl halides is 3. The first-order chi connectivity index (χ1) is 22.6. The number of carboxylic acids is 1. The summed E-state index contributed by atoms with van der Waals surface area (Å²) in [6, 6.07) is 5.56. The third-order valence-corrected chi connectivity index (χ3v) is 9.74. The van der Waals surface area contributed by atoms with Crippen LogP contribution in [0, 0.1) is 23.0 Å². The number of hydrogen-bond acceptors (Lipinski definition) is 6. The SMILES string of the molecule is CC(C)CC(C)(C)C[C@H]1N(C)[C@@H](C(=O)CCC[C@H](O)CO)[C@H](c2cccc(Cl)c2F)[C@@]12C(=O)Nc1cc(Cl)c(F)cc12.O=C(O)C(F)(F)F. The maximum Gasteiger partial charge on any atom is 0.490 e. The van der Waals surface area contributed by atoms with E-state index in [-0.39, 0.29) is 39.6 Å². The average molecular weight is 740 g/mol. The number of hydrogen-bond donors (Lipinski definition) is 4. The minimum atomic E-state index is -5.08. The number of rotatable bonds is 11. The van der Waals surface area contributed by atoms with E-state index in [2.05, 4.69) is 33.0 Å². The van der Waals surface area contributed by atoms with Gasteiger partial charge in [0.15, 0.2) is 5.78 Å². The van der Waals surface area contributed by atoms with Gasteiger partial charge in [-0.2, -0.15) is 13.2 Å². The van der Waals surface area contributed by atoms with Gasteiger partial charge in [-0.05, 0) is 73.4 Å². The van der Waals surface area contributed by atoms with Crippen molar-refractivity contribution in [1.82, 2.24) is 4.90 Å². The van der Waals surface area contributed by atoms with E-state index in [1.807, 2.05) is 4.90 Å². The van der Waals surface area contributed by atoms with Crippen molar-refractivity contribution in [3.05, 3.63) is 63.1 Å². The number of carbonyl (C=O) groups is 3. The number of halogens is 7. The molecule has 4 N–H and O–H groups in total. The lowest BCUT2D eigenvalue weighted by atomic mass is 9.61. The average Bonchev–Trinajstić information content (AvgIpc) is 3.39. The Balaban J connectivity index is 0.000000838. The third-order valence-electron chi connectivity index (χ3n) is 9.16. The van der Waals surface area contributed by atoms with E-state index < -0.39 is 65.8 Å². The molecule has 0 unspecified atom stereocenters. The van der Waals surface area contributed by atoms with Crippen molar-refractivity contribution in [3.63, 3.8) is 0 Å². The topological polar surface area (TPSA) is 127 Å². The number of nitrogens with zero attached hydrogens (tertiary/aromatic N) is 1. The van der Waals surface area contributed by atoms with Crippen molar-refractivity contribution in [2.45, 2.75) is 95.5 Å². The number of likely N-dealkylation sites (tertiary alicyclic amines) is 1. The molecule has 1 fully saturated rings. The number of carbonyl (C=O) groups excluding carboxylic acids is 2. The van der Waals surface area contributed by atoms with Crippen molar-refractivity contribution in [1.29, 1.82) is 0 Å². The van der Waals surface area contributed by atoms with Crippen molar-refractivity contribution >= 4 is 46.5 Å². The van der Waals surface area contributed by atoms with Crippen LogP contribution in [0.5, 0.6) is 0 Å². The fourth-order valence-corrected chi connectivity index (χ4v) is 7.89. The van der Waals surface area contributed by atoms with E-state index in [9.17, 15) is 33.0 Å². The second-order valence-electron chi connectivity index (χ2n) is 13.8. The molecule has 5 atom stereocenters. The van der Waals surface area contributed by atoms with Crippen LogP contribution in [-0.4, -0.2) is 75.9 Å². The van der Waals surface area contributed by atoms with Crippen LogP contribution >= 0.6 is 23.2 Å². The first-order valence-corrected chi connectivity index (χ1v) is 16.4. The number of fused-ring (bicyclic) bond motifs is 2. The van der Waals surface area contributed by atoms with Crippen molar-refractivity contribution < 1.29 is 51.7 Å². The Morgan fingerprint density at radius 3 is 2.27 bits per heavy atom. The number of carboxylic acid groups (broad SMARTS) is 1. The lowest BCUT2D eigenvalue weighted by Crippen LogP contribution is -2.50. The number of anilines is 1. The second-order valence-corrected chi connectivity index (χ2v) is 14.7. The number of amides is 1. The minimum Gasteiger partial charge on any atom is -0.475 e. The van der Waals surface area contributed by atoms with Crippen LogP contribution in [0.1, 0.15) is 76.8 Å². The van der Waals surface area contributed by atoms with Crippen LogP contribution in [0.2, 0.25) is 10.0 Å². The van der Waals surface area contributed by atoms with Gasteiger partial charge in [-0.15, -0.1) is 0 Å². The van der Waals surface area contributed by atoms with Crippen LogP contribution in [0.25, 0.3) is 0 Å². The van der Waals surface area contributed by atoms with Gasteiger partial charge in [0, 0.05) is 24.1 Å². The molecule has 2 aromatic carbocycles. The van der Waals surface area contributed by atoms with Gasteiger partial charge >= 0.3 is 12.1 Å². The standard InChI is InChI=1S/C32H40Cl2F2N2O4.C2HF3O2/c1-17(2)14-31(3,4)15-26-32(20-12-23(35)22(34)13-24(20)37-30(32)42)27(19-9-7-10-21(33)28(19)36)29(38(26)5)25(41)11-6-8-18(40)16-39;3-2(4,5)1(6)7/h7,9-10,12-13,17-18,26-27,29,39-40H,6,8,11,14-16H2,1-5H3,(H,37,42);(H,6,7)/t18-,26+,27-,29-,32-;/m0./s1. The third kappa shape index (κ3) is 8.56. The summed E-state index contributed by atoms with van der Waals surface area (Å²) in [5, 5.41) is 28.8. The molecule has 2 heterocycles. The molecule has 15 heteroatoms. The fraction of sp³-hybridized carbons (Fsp3) is 0.559. The molecule has 0 bridgehead atoms. The monoisotopic (exact) mass is 738 g/mol. The molecule has 1 amide bonds. The maximum absolute atomic E-state index is 16.0. The van der Waals surface area contributed by atoms with E-state index in [4.69, 9.17) is 33.1 Å². The van der Waals surface area contributed by atoms with Gasteiger partial charge in [0.1, 0.15) is 17.0 Å². The molecule has 1 saturated heterocycles. The summed E-state index contributed by atoms with van der Waals surface area (Å²) >= 11 is 12.4. The number of aliphatic carboxylic acids is 1. The van der Waals surface area contributed by atoms with Gasteiger partial charge in [0.05, 0.1) is 28.8 Å². The Morgan fingerprint density at radius 2 is 1.71 bits per heavy atom. The lowest BCUT2D eigenvalue weighted by molar-refractivity contribution is -0.192. The molecule has 0 aliphatic carbocycles. The predicted octanol–water partition coefficient (Wildman–Crippen LogP) is 7.12. The molecule has 2 aliphatic rings. The number of ketones is 1. The minimum absolute atomic E-state index is 0.0341. The number of aliphatic hydroxyl groups excluding tert-OH is 2. The molecular weight excluding hydrogens is 698 g/mol. The number of Topliss-reactive ketones (excluding diaryl/α,β-unsaturated/α-hetero) is 1. The van der Waals surface area contributed by atoms with Crippen LogP contribution in [-0.2, 0) is 19.8 Å². The van der Waals surface area contributed by atoms with Crippen molar-refractivity contribution in [2.24, 2.45) is 11.3 Å². The molecule has 2 aromatic rings. The first kappa shape index (κ1) is 40.6. The summed E-state index contributed by atoms with van der Waals surface area (Å²) in [5.41, 5.74) is -1.07. The largest absolute Gasteiger partial charge is 0.490 e. The summed E-state index contributed by atoms with van der Waals surface area (Å²) in [6.45, 7) is 8.01. The van der Waals surface area contributed by atoms with Gasteiger partial charge in [-0.1, -0.05) is 63.0 Å². The molecule has 2 aliphatic heterocycles. The normalized spacial score (nSPS) is 22.9. The molecule has 272 valence electrons. The lowest BCUT2D eigenvalue weighted by Gasteiger charge is -2.40. The predicted molar refractivity (Wildman–Crippen MR) is 175 cm³/mol. The Labute approximate surface area is 291 Å². The summed E-state index contributed by atoms with van der Waals surface area (Å²) in [6.07, 6.45) is -4.23. The van der Waals surface area contributed by atoms with Crippen molar-refractivity contribution in [2.75, 3.05) is 19.0 Å². The van der Waals surface area contributed by atoms with Crippen LogP contribution in [0.3, 0.4) is 0 Å². The smallest absolute Gasteiger partial charge is 0.475 e. The van der Waals surface area contributed by atoms with E-state index >= 15 is 8.78 Å². The van der Waals surface area contributed by atoms with E-state index in [1.54, 1.807) is 13.1 Å². The molecule has 4 rings (SSSR count). The van der Waals surface area contributed by atoms with Crippen LogP contribution < -0.4 is 5.32 Å². The summed E-state index contributed by atoms with van der Waals surface area (Å²) in [7, 11) is 1.77. The van der Waals surface area contributed by atoms with Gasteiger partial charge < -0.3 is 20.6 Å². The summed E-state index contributed by atoms with van der Waals surface area (Å²) in [5.74, 6) is -5.60. The van der Waals surface area contributed by atoms with Crippen molar-refractivity contribution in [3.8, 4) is 0 Å². The summed E-state index contributed by atoms with van der Waals surface area (Å²) in [4.78, 5) is 39.3. The van der Waals surface area contributed by atoms with E-state index in [0.29, 0.717) is 30.0 Å². The fourth-order valence-electron chi connectivity index (χ4n) is 7.54. The molecule has 8 nitrogen and oxygen atoms in total. The number of nitrogens with one attached hydrogen (secondary N) is 1. The first-order valence-electron chi connectivity index (χ1n) is 15.7. The Hall–Kier alpha value is -2.84. The molecular formula is C34H41Cl2F5N2O6. The van der Waals surface area contributed by atoms with Crippen LogP contribution in [0.4, 0.5) is 27.6 Å². The highest BCUT2D eigenvalue weighted by Crippen LogP contribution is 2.60.